The Hall–Kier alpha value is -1.96. The number of fused-ring (bicyclic) bond motifs is 1. The van der Waals surface area contributed by atoms with Gasteiger partial charge in [-0.25, -0.2) is 0 Å². The summed E-state index contributed by atoms with van der Waals surface area (Å²) in [4.78, 5) is 2.63. The highest BCUT2D eigenvalue weighted by molar-refractivity contribution is 5.86. The molecule has 0 amide bonds. The van der Waals surface area contributed by atoms with Gasteiger partial charge in [0.1, 0.15) is 6.07 Å². The van der Waals surface area contributed by atoms with Crippen LogP contribution in [0.4, 0.5) is 13.2 Å². The van der Waals surface area contributed by atoms with E-state index in [9.17, 15) is 13.2 Å². The van der Waals surface area contributed by atoms with Gasteiger partial charge in [0, 0.05) is 17.1 Å². The standard InChI is InChI=1S/C10H5F3N2/c11-10(12,13)7-1-2-8-6(4-14)5-15-9(8)3-7/h1-3,5,15H. The van der Waals surface area contributed by atoms with Gasteiger partial charge in [0.25, 0.3) is 0 Å². The van der Waals surface area contributed by atoms with E-state index in [1.54, 1.807) is 0 Å². The summed E-state index contributed by atoms with van der Waals surface area (Å²) >= 11 is 0. The molecule has 0 unspecified atom stereocenters. The molecule has 0 saturated heterocycles. The van der Waals surface area contributed by atoms with Crippen LogP contribution in [0.25, 0.3) is 10.9 Å². The third-order valence-corrected chi connectivity index (χ3v) is 2.13. The Morgan fingerprint density at radius 2 is 2.00 bits per heavy atom. The molecule has 2 rings (SSSR count). The molecule has 0 saturated carbocycles. The van der Waals surface area contributed by atoms with Crippen LogP contribution >= 0.6 is 0 Å². The predicted molar refractivity (Wildman–Crippen MR) is 48.0 cm³/mol. The van der Waals surface area contributed by atoms with Crippen molar-refractivity contribution in [3.63, 3.8) is 0 Å². The fourth-order valence-corrected chi connectivity index (χ4v) is 1.40. The molecule has 0 fully saturated rings. The third-order valence-electron chi connectivity index (χ3n) is 2.13. The minimum atomic E-state index is -4.36. The lowest BCUT2D eigenvalue weighted by Gasteiger charge is -2.05. The van der Waals surface area contributed by atoms with Crippen LogP contribution in [0.15, 0.2) is 24.4 Å². The van der Waals surface area contributed by atoms with Gasteiger partial charge >= 0.3 is 6.18 Å². The Labute approximate surface area is 82.9 Å². The molecule has 1 N–H and O–H groups in total. The minimum Gasteiger partial charge on any atom is -0.360 e. The van der Waals surface area contributed by atoms with Gasteiger partial charge in [-0.2, -0.15) is 18.4 Å². The lowest BCUT2D eigenvalue weighted by atomic mass is 10.1. The quantitative estimate of drug-likeness (QED) is 0.713. The molecule has 5 heteroatoms. The number of benzene rings is 1. The second-order valence-electron chi connectivity index (χ2n) is 3.07. The summed E-state index contributed by atoms with van der Waals surface area (Å²) in [5.74, 6) is 0. The number of aromatic nitrogens is 1. The molecule has 0 spiro atoms. The van der Waals surface area contributed by atoms with Crippen LogP contribution in [-0.4, -0.2) is 4.98 Å². The lowest BCUT2D eigenvalue weighted by Crippen LogP contribution is -2.04. The third kappa shape index (κ3) is 1.54. The van der Waals surface area contributed by atoms with E-state index in [0.29, 0.717) is 16.5 Å². The van der Waals surface area contributed by atoms with E-state index in [1.165, 1.54) is 12.3 Å². The number of aromatic amines is 1. The first-order chi connectivity index (χ1) is 7.02. The first-order valence-electron chi connectivity index (χ1n) is 4.11. The highest BCUT2D eigenvalue weighted by Crippen LogP contribution is 2.31. The second-order valence-corrected chi connectivity index (χ2v) is 3.07. The molecule has 1 heterocycles. The Balaban J connectivity index is 2.65. The molecule has 0 bridgehead atoms. The molecular weight excluding hydrogens is 205 g/mol. The Bertz CT molecular complexity index is 546. The molecule has 0 atom stereocenters. The molecule has 0 aliphatic carbocycles. The molecule has 76 valence electrons. The summed E-state index contributed by atoms with van der Waals surface area (Å²) in [6, 6.07) is 5.16. The van der Waals surface area contributed by atoms with Crippen molar-refractivity contribution in [1.29, 1.82) is 5.26 Å². The van der Waals surface area contributed by atoms with Crippen molar-refractivity contribution in [3.8, 4) is 6.07 Å². The van der Waals surface area contributed by atoms with Crippen LogP contribution in [0.5, 0.6) is 0 Å². The number of nitrogens with one attached hydrogen (secondary N) is 1. The Morgan fingerprint density at radius 3 is 2.60 bits per heavy atom. The van der Waals surface area contributed by atoms with Gasteiger partial charge in [0.2, 0.25) is 0 Å². The van der Waals surface area contributed by atoms with Crippen LogP contribution in [0, 0.1) is 11.3 Å². The Morgan fingerprint density at radius 1 is 1.27 bits per heavy atom. The zero-order valence-corrected chi connectivity index (χ0v) is 7.39. The SMILES string of the molecule is N#Cc1c[nH]c2cc(C(F)(F)F)ccc12. The summed E-state index contributed by atoms with van der Waals surface area (Å²) in [7, 11) is 0. The monoisotopic (exact) mass is 210 g/mol. The van der Waals surface area contributed by atoms with E-state index in [0.717, 1.165) is 12.1 Å². The number of nitriles is 1. The zero-order valence-electron chi connectivity index (χ0n) is 7.39. The van der Waals surface area contributed by atoms with Gasteiger partial charge in [-0.1, -0.05) is 6.07 Å². The van der Waals surface area contributed by atoms with Crippen molar-refractivity contribution in [3.05, 3.63) is 35.5 Å². The smallest absolute Gasteiger partial charge is 0.360 e. The van der Waals surface area contributed by atoms with Crippen molar-refractivity contribution in [2.45, 2.75) is 6.18 Å². The van der Waals surface area contributed by atoms with Gasteiger partial charge in [-0.05, 0) is 12.1 Å². The first kappa shape index (κ1) is 9.59. The molecule has 1 aromatic carbocycles. The zero-order chi connectivity index (χ0) is 11.1. The van der Waals surface area contributed by atoms with Crippen LogP contribution in [-0.2, 0) is 6.18 Å². The number of hydrogen-bond donors (Lipinski definition) is 1. The predicted octanol–water partition coefficient (Wildman–Crippen LogP) is 3.06. The van der Waals surface area contributed by atoms with Crippen molar-refractivity contribution < 1.29 is 13.2 Å². The molecule has 2 nitrogen and oxygen atoms in total. The van der Waals surface area contributed by atoms with Gasteiger partial charge < -0.3 is 4.98 Å². The van der Waals surface area contributed by atoms with Gasteiger partial charge in [-0.15, -0.1) is 0 Å². The average Bonchev–Trinajstić information content (AvgIpc) is 2.58. The number of H-pyrrole nitrogens is 1. The summed E-state index contributed by atoms with van der Waals surface area (Å²) < 4.78 is 37.0. The molecule has 0 aliphatic heterocycles. The minimum absolute atomic E-state index is 0.321. The largest absolute Gasteiger partial charge is 0.416 e. The maximum absolute atomic E-state index is 12.3. The summed E-state index contributed by atoms with van der Waals surface area (Å²) in [5.41, 5.74) is -0.0542. The van der Waals surface area contributed by atoms with Gasteiger partial charge in [-0.3, -0.25) is 0 Å². The van der Waals surface area contributed by atoms with Crippen LogP contribution in [0.3, 0.4) is 0 Å². The first-order valence-corrected chi connectivity index (χ1v) is 4.11. The molecule has 0 aliphatic rings. The highest BCUT2D eigenvalue weighted by Gasteiger charge is 2.30. The van der Waals surface area contributed by atoms with Crippen LogP contribution in [0.2, 0.25) is 0 Å². The van der Waals surface area contributed by atoms with E-state index in [-0.39, 0.29) is 0 Å². The highest BCUT2D eigenvalue weighted by atomic mass is 19.4. The maximum Gasteiger partial charge on any atom is 0.416 e. The van der Waals surface area contributed by atoms with Gasteiger partial charge in [0.05, 0.1) is 11.1 Å². The maximum atomic E-state index is 12.3. The molecule has 0 radical (unpaired) electrons. The van der Waals surface area contributed by atoms with Crippen molar-refractivity contribution in [2.24, 2.45) is 0 Å². The topological polar surface area (TPSA) is 39.6 Å². The van der Waals surface area contributed by atoms with E-state index < -0.39 is 11.7 Å². The Kier molecular flexibility index (Phi) is 1.93. The van der Waals surface area contributed by atoms with Crippen molar-refractivity contribution in [2.75, 3.05) is 0 Å². The van der Waals surface area contributed by atoms with Gasteiger partial charge in [0.15, 0.2) is 0 Å². The summed E-state index contributed by atoms with van der Waals surface area (Å²) in [5, 5.41) is 9.17. The number of nitrogens with zero attached hydrogens (tertiary/aromatic N) is 1. The molecule has 15 heavy (non-hydrogen) atoms. The summed E-state index contributed by atoms with van der Waals surface area (Å²) in [6.07, 6.45) is -2.96. The molecule has 1 aromatic heterocycles. The van der Waals surface area contributed by atoms with Crippen molar-refractivity contribution in [1.82, 2.24) is 4.98 Å². The molecular formula is C10H5F3N2. The number of halogens is 3. The van der Waals surface area contributed by atoms with E-state index >= 15 is 0 Å². The van der Waals surface area contributed by atoms with Crippen LogP contribution < -0.4 is 0 Å². The number of alkyl halides is 3. The van der Waals surface area contributed by atoms with E-state index in [2.05, 4.69) is 4.98 Å². The van der Waals surface area contributed by atoms with E-state index in [1.807, 2.05) is 6.07 Å². The number of hydrogen-bond acceptors (Lipinski definition) is 1. The fraction of sp³-hybridized carbons (Fsp3) is 0.100. The molecule has 2 aromatic rings. The second kappa shape index (κ2) is 3.02. The van der Waals surface area contributed by atoms with E-state index in [4.69, 9.17) is 5.26 Å². The average molecular weight is 210 g/mol. The summed E-state index contributed by atoms with van der Waals surface area (Å²) in [6.45, 7) is 0. The number of rotatable bonds is 0. The lowest BCUT2D eigenvalue weighted by molar-refractivity contribution is -0.137. The fourth-order valence-electron chi connectivity index (χ4n) is 1.40. The van der Waals surface area contributed by atoms with Crippen LogP contribution in [0.1, 0.15) is 11.1 Å². The van der Waals surface area contributed by atoms with Crippen molar-refractivity contribution >= 4 is 10.9 Å². The normalized spacial score (nSPS) is 11.6.